The molecule has 3 N–H and O–H groups in total. The van der Waals surface area contributed by atoms with Crippen LogP contribution in [0, 0.1) is 0 Å². The van der Waals surface area contributed by atoms with Crippen molar-refractivity contribution in [3.05, 3.63) is 102 Å². The van der Waals surface area contributed by atoms with E-state index in [0.717, 1.165) is 17.5 Å². The molecule has 0 bridgehead atoms. The number of thioether (sulfide) groups is 1. The smallest absolute Gasteiger partial charge is 0.355 e. The van der Waals surface area contributed by atoms with Crippen LogP contribution in [0.2, 0.25) is 0 Å². The molecule has 0 fully saturated rings. The lowest BCUT2D eigenvalue weighted by Gasteiger charge is -2.15. The number of carbonyl (C=O) groups excluding carboxylic acids is 1. The highest BCUT2D eigenvalue weighted by Crippen LogP contribution is 2.30. The number of carbonyl (C=O) groups is 2. The zero-order valence-electron chi connectivity index (χ0n) is 23.0. The SMILES string of the molecule is CCC(C)c1nc(SC)c(C(=O)O)n1Cc1ccc(-c2ccccc2S(=O)(=O)NC(=O)NCc2ccccc2)cc1. The average Bonchev–Trinajstić information content (AvgIpc) is 3.35. The standard InChI is InChI=1S/C30H32N4O5S2/c1-4-20(2)27-32-28(40-3)26(29(35)36)34(27)19-22-14-16-23(17-15-22)24-12-8-9-13-25(24)41(38,39)33-30(37)31-18-21-10-6-5-7-11-21/h5-17,20H,4,18-19H2,1-3H3,(H,35,36)(H2,31,33,37). The Balaban J connectivity index is 1.57. The lowest BCUT2D eigenvalue weighted by Crippen LogP contribution is -2.39. The normalized spacial score (nSPS) is 12.1. The Labute approximate surface area is 244 Å². The van der Waals surface area contributed by atoms with Gasteiger partial charge in [0.2, 0.25) is 0 Å². The van der Waals surface area contributed by atoms with E-state index in [1.807, 2.05) is 62.6 Å². The maximum Gasteiger partial charge on any atom is 0.355 e. The number of carboxylic acid groups (broad SMARTS) is 1. The monoisotopic (exact) mass is 592 g/mol. The third-order valence-electron chi connectivity index (χ3n) is 6.72. The molecule has 1 aromatic heterocycles. The Morgan fingerprint density at radius 2 is 1.63 bits per heavy atom. The molecule has 2 amide bonds. The number of aromatic carboxylic acids is 1. The highest BCUT2D eigenvalue weighted by Gasteiger charge is 2.25. The molecule has 1 unspecified atom stereocenters. The first-order valence-corrected chi connectivity index (χ1v) is 15.8. The quantitative estimate of drug-likeness (QED) is 0.190. The molecule has 0 spiro atoms. The molecule has 4 rings (SSSR count). The molecule has 0 aliphatic heterocycles. The van der Waals surface area contributed by atoms with Gasteiger partial charge in [-0.1, -0.05) is 86.6 Å². The summed E-state index contributed by atoms with van der Waals surface area (Å²) in [5.74, 6) is -0.249. The van der Waals surface area contributed by atoms with E-state index in [9.17, 15) is 23.1 Å². The van der Waals surface area contributed by atoms with Crippen molar-refractivity contribution in [2.75, 3.05) is 6.26 Å². The highest BCUT2D eigenvalue weighted by molar-refractivity contribution is 7.98. The van der Waals surface area contributed by atoms with Crippen LogP contribution >= 0.6 is 11.8 Å². The van der Waals surface area contributed by atoms with Crippen LogP contribution in [0.3, 0.4) is 0 Å². The van der Waals surface area contributed by atoms with Crippen LogP contribution in [0.15, 0.2) is 88.8 Å². The van der Waals surface area contributed by atoms with Crippen LogP contribution in [-0.2, 0) is 23.1 Å². The number of sulfonamides is 1. The first kappa shape index (κ1) is 29.9. The van der Waals surface area contributed by atoms with Gasteiger partial charge in [-0.15, -0.1) is 11.8 Å². The molecule has 1 heterocycles. The van der Waals surface area contributed by atoms with Crippen molar-refractivity contribution in [1.29, 1.82) is 0 Å². The third-order valence-corrected chi connectivity index (χ3v) is 8.78. The summed E-state index contributed by atoms with van der Waals surface area (Å²) in [4.78, 5) is 29.1. The minimum absolute atomic E-state index is 0.0333. The summed E-state index contributed by atoms with van der Waals surface area (Å²) < 4.78 is 30.2. The van der Waals surface area contributed by atoms with Crippen molar-refractivity contribution in [3.63, 3.8) is 0 Å². The fraction of sp³-hybridized carbons (Fsp3) is 0.233. The minimum Gasteiger partial charge on any atom is -0.476 e. The summed E-state index contributed by atoms with van der Waals surface area (Å²) in [7, 11) is -4.18. The number of imidazole rings is 1. The fourth-order valence-corrected chi connectivity index (χ4v) is 6.15. The van der Waals surface area contributed by atoms with E-state index in [1.54, 1.807) is 34.9 Å². The van der Waals surface area contributed by atoms with Crippen molar-refractivity contribution < 1.29 is 23.1 Å². The lowest BCUT2D eigenvalue weighted by atomic mass is 10.0. The van der Waals surface area contributed by atoms with Crippen LogP contribution in [0.25, 0.3) is 11.1 Å². The van der Waals surface area contributed by atoms with Gasteiger partial charge in [0.15, 0.2) is 5.69 Å². The molecule has 0 radical (unpaired) electrons. The molecule has 3 aromatic carbocycles. The Kier molecular flexibility index (Phi) is 9.51. The van der Waals surface area contributed by atoms with Gasteiger partial charge < -0.3 is 15.0 Å². The summed E-state index contributed by atoms with van der Waals surface area (Å²) in [6.45, 7) is 4.54. The zero-order chi connectivity index (χ0) is 29.6. The van der Waals surface area contributed by atoms with Crippen molar-refractivity contribution in [2.45, 2.75) is 49.2 Å². The maximum atomic E-state index is 13.2. The predicted molar refractivity (Wildman–Crippen MR) is 160 cm³/mol. The fourth-order valence-electron chi connectivity index (χ4n) is 4.42. The molecular weight excluding hydrogens is 560 g/mol. The third kappa shape index (κ3) is 6.98. The number of hydrogen-bond donors (Lipinski definition) is 3. The van der Waals surface area contributed by atoms with Gasteiger partial charge in [-0.05, 0) is 35.4 Å². The summed E-state index contributed by atoms with van der Waals surface area (Å²) in [5.41, 5.74) is 2.90. The van der Waals surface area contributed by atoms with E-state index in [-0.39, 0.29) is 23.1 Å². The first-order chi connectivity index (χ1) is 19.6. The van der Waals surface area contributed by atoms with E-state index in [0.29, 0.717) is 28.5 Å². The van der Waals surface area contributed by atoms with Crippen LogP contribution < -0.4 is 10.0 Å². The molecule has 1 atom stereocenters. The van der Waals surface area contributed by atoms with Crippen LogP contribution in [0.5, 0.6) is 0 Å². The molecule has 0 saturated heterocycles. The zero-order valence-corrected chi connectivity index (χ0v) is 24.6. The number of hydrogen-bond acceptors (Lipinski definition) is 6. The number of nitrogens with zero attached hydrogens (tertiary/aromatic N) is 2. The molecule has 0 saturated carbocycles. The van der Waals surface area contributed by atoms with Crippen LogP contribution in [-0.4, -0.2) is 41.3 Å². The van der Waals surface area contributed by atoms with Crippen molar-refractivity contribution in [1.82, 2.24) is 19.6 Å². The van der Waals surface area contributed by atoms with Crippen molar-refractivity contribution in [3.8, 4) is 11.1 Å². The Hall–Kier alpha value is -4.09. The summed E-state index contributed by atoms with van der Waals surface area (Å²) in [5, 5.41) is 13.0. The Bertz CT molecular complexity index is 1640. The Morgan fingerprint density at radius 3 is 2.27 bits per heavy atom. The number of amides is 2. The number of carboxylic acids is 1. The molecule has 9 nitrogen and oxygen atoms in total. The average molecular weight is 593 g/mol. The number of benzene rings is 3. The van der Waals surface area contributed by atoms with Crippen molar-refractivity contribution in [2.24, 2.45) is 0 Å². The molecule has 0 aliphatic carbocycles. The number of rotatable bonds is 11. The molecule has 0 aliphatic rings. The van der Waals surface area contributed by atoms with Gasteiger partial charge in [-0.25, -0.2) is 27.7 Å². The summed E-state index contributed by atoms with van der Waals surface area (Å²) >= 11 is 1.30. The van der Waals surface area contributed by atoms with E-state index in [2.05, 4.69) is 15.0 Å². The number of aromatic nitrogens is 2. The van der Waals surface area contributed by atoms with E-state index < -0.39 is 22.0 Å². The second-order valence-electron chi connectivity index (χ2n) is 9.50. The molecule has 41 heavy (non-hydrogen) atoms. The summed E-state index contributed by atoms with van der Waals surface area (Å²) in [6, 6.07) is 22.1. The van der Waals surface area contributed by atoms with Gasteiger partial charge in [0.1, 0.15) is 10.9 Å². The van der Waals surface area contributed by atoms with Gasteiger partial charge in [-0.2, -0.15) is 0 Å². The minimum atomic E-state index is -4.18. The predicted octanol–water partition coefficient (Wildman–Crippen LogP) is 5.72. The van der Waals surface area contributed by atoms with Crippen LogP contribution in [0.1, 0.15) is 53.6 Å². The highest BCUT2D eigenvalue weighted by atomic mass is 32.2. The maximum absolute atomic E-state index is 13.2. The van der Waals surface area contributed by atoms with E-state index in [1.165, 1.54) is 17.8 Å². The summed E-state index contributed by atoms with van der Waals surface area (Å²) in [6.07, 6.45) is 2.62. The van der Waals surface area contributed by atoms with Gasteiger partial charge in [0, 0.05) is 24.6 Å². The largest absolute Gasteiger partial charge is 0.476 e. The van der Waals surface area contributed by atoms with E-state index >= 15 is 0 Å². The topological polar surface area (TPSA) is 130 Å². The van der Waals surface area contributed by atoms with Crippen molar-refractivity contribution >= 4 is 33.8 Å². The number of urea groups is 1. The van der Waals surface area contributed by atoms with Gasteiger partial charge in [0.05, 0.1) is 4.90 Å². The Morgan fingerprint density at radius 1 is 0.976 bits per heavy atom. The van der Waals surface area contributed by atoms with Gasteiger partial charge in [-0.3, -0.25) is 0 Å². The van der Waals surface area contributed by atoms with Crippen LogP contribution in [0.4, 0.5) is 4.79 Å². The molecule has 11 heteroatoms. The first-order valence-electron chi connectivity index (χ1n) is 13.0. The van der Waals surface area contributed by atoms with Gasteiger partial charge in [0.25, 0.3) is 10.0 Å². The molecule has 214 valence electrons. The number of nitrogens with one attached hydrogen (secondary N) is 2. The second kappa shape index (κ2) is 13.0. The van der Waals surface area contributed by atoms with Gasteiger partial charge >= 0.3 is 12.0 Å². The second-order valence-corrected chi connectivity index (χ2v) is 11.9. The molecule has 4 aromatic rings. The van der Waals surface area contributed by atoms with E-state index in [4.69, 9.17) is 0 Å². The lowest BCUT2D eigenvalue weighted by molar-refractivity contribution is 0.0681. The molecular formula is C30H32N4O5S2.